The summed E-state index contributed by atoms with van der Waals surface area (Å²) in [6, 6.07) is 0. The molecule has 0 aliphatic heterocycles. The molecule has 0 spiro atoms. The first-order valence-electron chi connectivity index (χ1n) is 5.87. The minimum absolute atomic E-state index is 0.628. The van der Waals surface area contributed by atoms with Crippen LogP contribution in [0.3, 0.4) is 0 Å². The number of hydrogen-bond donors (Lipinski definition) is 1. The average Bonchev–Trinajstić information content (AvgIpc) is 2.30. The molecule has 1 rings (SSSR count). The van der Waals surface area contributed by atoms with Gasteiger partial charge in [0, 0.05) is 6.54 Å². The van der Waals surface area contributed by atoms with Crippen LogP contribution >= 0.6 is 0 Å². The van der Waals surface area contributed by atoms with Crippen LogP contribution in [0.1, 0.15) is 32.8 Å². The van der Waals surface area contributed by atoms with Crippen molar-refractivity contribution in [3.8, 4) is 5.88 Å². The van der Waals surface area contributed by atoms with Crippen LogP contribution in [0.25, 0.3) is 0 Å². The monoisotopic (exact) mass is 223 g/mol. The van der Waals surface area contributed by atoms with E-state index >= 15 is 0 Å². The molecule has 1 unspecified atom stereocenters. The number of aromatic nitrogens is 2. The fourth-order valence-electron chi connectivity index (χ4n) is 1.31. The first-order valence-corrected chi connectivity index (χ1v) is 5.87. The molecule has 1 N–H and O–H groups in total. The smallest absolute Gasteiger partial charge is 0.221 e. The summed E-state index contributed by atoms with van der Waals surface area (Å²) in [6.45, 7) is 9.89. The molecule has 1 heterocycles. The summed E-state index contributed by atoms with van der Waals surface area (Å²) in [5.74, 6) is 2.19. The second kappa shape index (κ2) is 6.30. The third-order valence-corrected chi connectivity index (χ3v) is 2.63. The van der Waals surface area contributed by atoms with Crippen molar-refractivity contribution in [1.29, 1.82) is 0 Å². The van der Waals surface area contributed by atoms with Gasteiger partial charge in [-0.3, -0.25) is 0 Å². The molecule has 0 bridgehead atoms. The lowest BCUT2D eigenvalue weighted by molar-refractivity contribution is 0.324. The number of rotatable bonds is 6. The summed E-state index contributed by atoms with van der Waals surface area (Å²) in [4.78, 5) is 8.33. The van der Waals surface area contributed by atoms with Crippen LogP contribution in [-0.2, 0) is 0 Å². The SMILES string of the molecule is CCOc1ncnc(NCC(C)CC)c1C. The molecule has 1 atom stereocenters. The highest BCUT2D eigenvalue weighted by molar-refractivity contribution is 5.47. The van der Waals surface area contributed by atoms with E-state index in [1.54, 1.807) is 0 Å². The zero-order chi connectivity index (χ0) is 12.0. The maximum absolute atomic E-state index is 5.42. The van der Waals surface area contributed by atoms with Crippen LogP contribution in [0, 0.1) is 12.8 Å². The summed E-state index contributed by atoms with van der Waals surface area (Å²) in [5.41, 5.74) is 0.979. The highest BCUT2D eigenvalue weighted by Crippen LogP contribution is 2.20. The van der Waals surface area contributed by atoms with Crippen molar-refractivity contribution in [2.45, 2.75) is 34.1 Å². The van der Waals surface area contributed by atoms with Crippen LogP contribution in [0.5, 0.6) is 5.88 Å². The van der Waals surface area contributed by atoms with Crippen molar-refractivity contribution < 1.29 is 4.74 Å². The molecule has 1 aromatic heterocycles. The van der Waals surface area contributed by atoms with E-state index in [2.05, 4.69) is 29.1 Å². The van der Waals surface area contributed by atoms with Gasteiger partial charge in [-0.1, -0.05) is 20.3 Å². The number of nitrogens with one attached hydrogen (secondary N) is 1. The summed E-state index contributed by atoms with van der Waals surface area (Å²) in [5, 5.41) is 3.33. The predicted octanol–water partition coefficient (Wildman–Crippen LogP) is 2.64. The van der Waals surface area contributed by atoms with E-state index in [0.717, 1.165) is 24.3 Å². The molecule has 0 saturated heterocycles. The second-order valence-electron chi connectivity index (χ2n) is 3.98. The minimum atomic E-state index is 0.628. The maximum atomic E-state index is 5.42. The molecule has 0 aliphatic carbocycles. The molecular weight excluding hydrogens is 202 g/mol. The van der Waals surface area contributed by atoms with Crippen LogP contribution in [-0.4, -0.2) is 23.1 Å². The maximum Gasteiger partial charge on any atom is 0.221 e. The quantitative estimate of drug-likeness (QED) is 0.805. The van der Waals surface area contributed by atoms with Gasteiger partial charge in [0.1, 0.15) is 12.1 Å². The second-order valence-corrected chi connectivity index (χ2v) is 3.98. The van der Waals surface area contributed by atoms with E-state index < -0.39 is 0 Å². The van der Waals surface area contributed by atoms with Gasteiger partial charge < -0.3 is 10.1 Å². The van der Waals surface area contributed by atoms with Crippen molar-refractivity contribution in [2.75, 3.05) is 18.5 Å². The Hall–Kier alpha value is -1.32. The molecule has 0 aromatic carbocycles. The fourth-order valence-corrected chi connectivity index (χ4v) is 1.31. The topological polar surface area (TPSA) is 47.0 Å². The Bertz CT molecular complexity index is 328. The van der Waals surface area contributed by atoms with Gasteiger partial charge in [0.2, 0.25) is 5.88 Å². The first-order chi connectivity index (χ1) is 7.69. The summed E-state index contributed by atoms with van der Waals surface area (Å²) in [6.07, 6.45) is 2.70. The molecule has 4 heteroatoms. The lowest BCUT2D eigenvalue weighted by atomic mass is 10.1. The van der Waals surface area contributed by atoms with E-state index in [1.165, 1.54) is 6.33 Å². The highest BCUT2D eigenvalue weighted by Gasteiger charge is 2.08. The predicted molar refractivity (Wildman–Crippen MR) is 65.9 cm³/mol. The molecule has 0 aliphatic rings. The van der Waals surface area contributed by atoms with Crippen LogP contribution in [0.2, 0.25) is 0 Å². The van der Waals surface area contributed by atoms with Gasteiger partial charge in [0.25, 0.3) is 0 Å². The number of nitrogens with zero attached hydrogens (tertiary/aromatic N) is 2. The molecule has 16 heavy (non-hydrogen) atoms. The normalized spacial score (nSPS) is 12.2. The lowest BCUT2D eigenvalue weighted by Gasteiger charge is -2.13. The summed E-state index contributed by atoms with van der Waals surface area (Å²) >= 11 is 0. The van der Waals surface area contributed by atoms with Crippen molar-refractivity contribution in [3.63, 3.8) is 0 Å². The van der Waals surface area contributed by atoms with E-state index in [4.69, 9.17) is 4.74 Å². The van der Waals surface area contributed by atoms with Gasteiger partial charge >= 0.3 is 0 Å². The molecular formula is C12H21N3O. The zero-order valence-electron chi connectivity index (χ0n) is 10.6. The first kappa shape index (κ1) is 12.7. The number of anilines is 1. The van der Waals surface area contributed by atoms with Crippen molar-refractivity contribution >= 4 is 5.82 Å². The Labute approximate surface area is 97.5 Å². The lowest BCUT2D eigenvalue weighted by Crippen LogP contribution is -2.13. The Morgan fingerprint density at radius 3 is 2.75 bits per heavy atom. The summed E-state index contributed by atoms with van der Waals surface area (Å²) in [7, 11) is 0. The van der Waals surface area contributed by atoms with Gasteiger partial charge in [0.15, 0.2) is 0 Å². The van der Waals surface area contributed by atoms with Crippen LogP contribution in [0.15, 0.2) is 6.33 Å². The molecule has 0 radical (unpaired) electrons. The van der Waals surface area contributed by atoms with E-state index in [9.17, 15) is 0 Å². The van der Waals surface area contributed by atoms with Crippen molar-refractivity contribution in [2.24, 2.45) is 5.92 Å². The zero-order valence-corrected chi connectivity index (χ0v) is 10.6. The van der Waals surface area contributed by atoms with Gasteiger partial charge in [-0.2, -0.15) is 0 Å². The average molecular weight is 223 g/mol. The molecule has 0 amide bonds. The standard InChI is InChI=1S/C12H21N3O/c1-5-9(3)7-13-11-10(4)12(16-6-2)15-8-14-11/h8-9H,5-7H2,1-4H3,(H,13,14,15). The van der Waals surface area contributed by atoms with Crippen LogP contribution in [0.4, 0.5) is 5.82 Å². The highest BCUT2D eigenvalue weighted by atomic mass is 16.5. The largest absolute Gasteiger partial charge is 0.478 e. The van der Waals surface area contributed by atoms with Gasteiger partial charge in [-0.05, 0) is 19.8 Å². The third kappa shape index (κ3) is 3.36. The van der Waals surface area contributed by atoms with Crippen LogP contribution < -0.4 is 10.1 Å². The molecule has 1 aromatic rings. The Kier molecular flexibility index (Phi) is 5.02. The van der Waals surface area contributed by atoms with Gasteiger partial charge in [-0.15, -0.1) is 0 Å². The minimum Gasteiger partial charge on any atom is -0.478 e. The third-order valence-electron chi connectivity index (χ3n) is 2.63. The molecule has 90 valence electrons. The Balaban J connectivity index is 2.69. The Morgan fingerprint density at radius 1 is 1.38 bits per heavy atom. The summed E-state index contributed by atoms with van der Waals surface area (Å²) < 4.78 is 5.42. The van der Waals surface area contributed by atoms with Crippen molar-refractivity contribution in [3.05, 3.63) is 11.9 Å². The van der Waals surface area contributed by atoms with E-state index in [1.807, 2.05) is 13.8 Å². The van der Waals surface area contributed by atoms with E-state index in [0.29, 0.717) is 18.4 Å². The Morgan fingerprint density at radius 2 is 2.12 bits per heavy atom. The van der Waals surface area contributed by atoms with Gasteiger partial charge in [-0.25, -0.2) is 9.97 Å². The fraction of sp³-hybridized carbons (Fsp3) is 0.667. The molecule has 4 nitrogen and oxygen atoms in total. The van der Waals surface area contributed by atoms with Gasteiger partial charge in [0.05, 0.1) is 12.2 Å². The van der Waals surface area contributed by atoms with E-state index in [-0.39, 0.29) is 0 Å². The number of ether oxygens (including phenoxy) is 1. The molecule has 0 saturated carbocycles. The van der Waals surface area contributed by atoms with Crippen molar-refractivity contribution in [1.82, 2.24) is 9.97 Å². The number of hydrogen-bond acceptors (Lipinski definition) is 4. The molecule has 0 fully saturated rings.